The molecule has 0 aromatic heterocycles. The molecule has 1 atom stereocenters. The van der Waals surface area contributed by atoms with E-state index in [1.807, 2.05) is 0 Å². The maximum Gasteiger partial charge on any atom is 0.230 e. The van der Waals surface area contributed by atoms with Crippen LogP contribution in [-0.2, 0) is 9.59 Å². The van der Waals surface area contributed by atoms with Crippen molar-refractivity contribution in [2.75, 3.05) is 33.7 Å². The van der Waals surface area contributed by atoms with Crippen LogP contribution in [0.4, 0.5) is 0 Å². The lowest BCUT2D eigenvalue weighted by atomic mass is 9.84. The molecule has 0 aromatic carbocycles. The van der Waals surface area contributed by atoms with E-state index in [2.05, 4.69) is 10.6 Å². The minimum Gasteiger partial charge on any atom is -0.355 e. The first-order chi connectivity index (χ1) is 10.0. The van der Waals surface area contributed by atoms with E-state index in [4.69, 9.17) is 0 Å². The topological polar surface area (TPSA) is 61.4 Å². The van der Waals surface area contributed by atoms with Gasteiger partial charge in [0.05, 0.1) is 5.41 Å². The number of amides is 2. The van der Waals surface area contributed by atoms with Crippen molar-refractivity contribution in [3.8, 4) is 0 Å². The Morgan fingerprint density at radius 3 is 2.57 bits per heavy atom. The summed E-state index contributed by atoms with van der Waals surface area (Å²) in [7, 11) is 3.61. The van der Waals surface area contributed by atoms with Crippen LogP contribution in [0.1, 0.15) is 44.9 Å². The molecule has 5 heteroatoms. The summed E-state index contributed by atoms with van der Waals surface area (Å²) in [5.41, 5.74) is -0.353. The average molecular weight is 295 g/mol. The van der Waals surface area contributed by atoms with Crippen LogP contribution in [-0.4, -0.2) is 50.4 Å². The molecule has 1 saturated carbocycles. The second-order valence-corrected chi connectivity index (χ2v) is 6.86. The van der Waals surface area contributed by atoms with Gasteiger partial charge in [0.25, 0.3) is 0 Å². The second-order valence-electron chi connectivity index (χ2n) is 6.86. The van der Waals surface area contributed by atoms with Crippen LogP contribution in [0.2, 0.25) is 0 Å². The van der Waals surface area contributed by atoms with Crippen molar-refractivity contribution in [3.63, 3.8) is 0 Å². The maximum absolute atomic E-state index is 12.4. The van der Waals surface area contributed by atoms with Crippen molar-refractivity contribution < 1.29 is 9.59 Å². The quantitative estimate of drug-likeness (QED) is 0.772. The Bertz CT molecular complexity index is 370. The normalized spacial score (nSPS) is 24.0. The lowest BCUT2D eigenvalue weighted by Crippen LogP contribution is -2.46. The number of nitrogens with one attached hydrogen (secondary N) is 2. The highest BCUT2D eigenvalue weighted by molar-refractivity contribution is 5.84. The summed E-state index contributed by atoms with van der Waals surface area (Å²) in [6, 6.07) is 0. The molecule has 21 heavy (non-hydrogen) atoms. The van der Waals surface area contributed by atoms with Crippen LogP contribution in [0.25, 0.3) is 0 Å². The molecule has 0 radical (unpaired) electrons. The van der Waals surface area contributed by atoms with Gasteiger partial charge in [-0.25, -0.2) is 0 Å². The van der Waals surface area contributed by atoms with Gasteiger partial charge in [-0.2, -0.15) is 0 Å². The molecule has 1 saturated heterocycles. The van der Waals surface area contributed by atoms with Gasteiger partial charge in [0, 0.05) is 27.1 Å². The standard InChI is InChI=1S/C16H29N3O2/c1-19(2)15(21)16(8-3-4-9-16)12-18-14(20)6-5-13-7-10-17-11-13/h13,17H,3-12H2,1-2H3,(H,18,20). The third kappa shape index (κ3) is 4.19. The van der Waals surface area contributed by atoms with E-state index >= 15 is 0 Å². The Hall–Kier alpha value is -1.10. The largest absolute Gasteiger partial charge is 0.355 e. The number of carbonyl (C=O) groups is 2. The highest BCUT2D eigenvalue weighted by atomic mass is 16.2. The van der Waals surface area contributed by atoms with Gasteiger partial charge in [0.2, 0.25) is 11.8 Å². The van der Waals surface area contributed by atoms with E-state index < -0.39 is 0 Å². The van der Waals surface area contributed by atoms with Gasteiger partial charge in [-0.15, -0.1) is 0 Å². The number of carbonyl (C=O) groups excluding carboxylic acids is 2. The monoisotopic (exact) mass is 295 g/mol. The Morgan fingerprint density at radius 2 is 2.00 bits per heavy atom. The van der Waals surface area contributed by atoms with Crippen molar-refractivity contribution in [1.82, 2.24) is 15.5 Å². The van der Waals surface area contributed by atoms with Crippen LogP contribution in [0.3, 0.4) is 0 Å². The Kier molecular flexibility index (Phi) is 5.62. The summed E-state index contributed by atoms with van der Waals surface area (Å²) in [6.07, 6.45) is 6.68. The van der Waals surface area contributed by atoms with Gasteiger partial charge < -0.3 is 15.5 Å². The Morgan fingerprint density at radius 1 is 1.29 bits per heavy atom. The van der Waals surface area contributed by atoms with Crippen molar-refractivity contribution in [3.05, 3.63) is 0 Å². The first-order valence-electron chi connectivity index (χ1n) is 8.23. The molecule has 120 valence electrons. The van der Waals surface area contributed by atoms with Crippen molar-refractivity contribution >= 4 is 11.8 Å². The summed E-state index contributed by atoms with van der Waals surface area (Å²) in [5.74, 6) is 0.902. The fourth-order valence-electron chi connectivity index (χ4n) is 3.64. The molecule has 0 bridgehead atoms. The molecule has 0 spiro atoms. The van der Waals surface area contributed by atoms with E-state index in [9.17, 15) is 9.59 Å². The predicted molar refractivity (Wildman–Crippen MR) is 82.8 cm³/mol. The zero-order chi connectivity index (χ0) is 15.3. The third-order valence-electron chi connectivity index (χ3n) is 4.99. The van der Waals surface area contributed by atoms with E-state index in [1.54, 1.807) is 19.0 Å². The molecular formula is C16H29N3O2. The first kappa shape index (κ1) is 16.3. The maximum atomic E-state index is 12.4. The van der Waals surface area contributed by atoms with Crippen molar-refractivity contribution in [2.24, 2.45) is 11.3 Å². The van der Waals surface area contributed by atoms with E-state index in [0.717, 1.165) is 45.2 Å². The zero-order valence-electron chi connectivity index (χ0n) is 13.4. The second kappa shape index (κ2) is 7.25. The molecule has 1 unspecified atom stereocenters. The van der Waals surface area contributed by atoms with Gasteiger partial charge in [-0.05, 0) is 44.7 Å². The highest BCUT2D eigenvalue weighted by Crippen LogP contribution is 2.38. The van der Waals surface area contributed by atoms with Crippen molar-refractivity contribution in [2.45, 2.75) is 44.9 Å². The van der Waals surface area contributed by atoms with Gasteiger partial charge in [0.15, 0.2) is 0 Å². The smallest absolute Gasteiger partial charge is 0.230 e. The van der Waals surface area contributed by atoms with Crippen LogP contribution >= 0.6 is 0 Å². The third-order valence-corrected chi connectivity index (χ3v) is 4.99. The SMILES string of the molecule is CN(C)C(=O)C1(CNC(=O)CCC2CCNC2)CCCC1. The number of hydrogen-bond acceptors (Lipinski definition) is 3. The van der Waals surface area contributed by atoms with E-state index in [0.29, 0.717) is 18.9 Å². The zero-order valence-corrected chi connectivity index (χ0v) is 13.4. The van der Waals surface area contributed by atoms with Crippen LogP contribution < -0.4 is 10.6 Å². The summed E-state index contributed by atoms with van der Waals surface area (Å²) >= 11 is 0. The molecule has 1 aliphatic heterocycles. The predicted octanol–water partition coefficient (Wildman–Crippen LogP) is 1.14. The number of rotatable bonds is 6. The molecule has 2 rings (SSSR count). The Labute approximate surface area is 127 Å². The molecule has 2 aliphatic rings. The van der Waals surface area contributed by atoms with Gasteiger partial charge in [-0.1, -0.05) is 12.8 Å². The molecule has 1 heterocycles. The van der Waals surface area contributed by atoms with Crippen LogP contribution in [0.15, 0.2) is 0 Å². The highest BCUT2D eigenvalue weighted by Gasteiger charge is 2.42. The van der Waals surface area contributed by atoms with Gasteiger partial charge >= 0.3 is 0 Å². The first-order valence-corrected chi connectivity index (χ1v) is 8.23. The summed E-state index contributed by atoms with van der Waals surface area (Å²) < 4.78 is 0. The van der Waals surface area contributed by atoms with Gasteiger partial charge in [0.1, 0.15) is 0 Å². The van der Waals surface area contributed by atoms with Gasteiger partial charge in [-0.3, -0.25) is 9.59 Å². The van der Waals surface area contributed by atoms with E-state index in [1.165, 1.54) is 6.42 Å². The number of nitrogens with zero attached hydrogens (tertiary/aromatic N) is 1. The molecule has 2 amide bonds. The molecule has 5 nitrogen and oxygen atoms in total. The minimum atomic E-state index is -0.353. The number of hydrogen-bond donors (Lipinski definition) is 2. The van der Waals surface area contributed by atoms with Crippen LogP contribution in [0.5, 0.6) is 0 Å². The summed E-state index contributed by atoms with van der Waals surface area (Å²) in [5, 5.41) is 6.34. The molecule has 0 aromatic rings. The summed E-state index contributed by atoms with van der Waals surface area (Å²) in [6.45, 7) is 2.62. The van der Waals surface area contributed by atoms with Crippen LogP contribution in [0, 0.1) is 11.3 Å². The molecular weight excluding hydrogens is 266 g/mol. The molecule has 2 N–H and O–H groups in total. The minimum absolute atomic E-state index is 0.0970. The lowest BCUT2D eigenvalue weighted by Gasteiger charge is -2.30. The summed E-state index contributed by atoms with van der Waals surface area (Å²) in [4.78, 5) is 26.1. The Balaban J connectivity index is 1.78. The molecule has 1 aliphatic carbocycles. The fourth-order valence-corrected chi connectivity index (χ4v) is 3.64. The fraction of sp³-hybridized carbons (Fsp3) is 0.875. The lowest BCUT2D eigenvalue weighted by molar-refractivity contribution is -0.139. The average Bonchev–Trinajstić information content (AvgIpc) is 3.14. The van der Waals surface area contributed by atoms with Crippen molar-refractivity contribution in [1.29, 1.82) is 0 Å². The van der Waals surface area contributed by atoms with E-state index in [-0.39, 0.29) is 17.2 Å². The molecule has 2 fully saturated rings.